The highest BCUT2D eigenvalue weighted by Gasteiger charge is 2.46. The number of hydrogen-bond acceptors (Lipinski definition) is 4. The van der Waals surface area contributed by atoms with Crippen LogP contribution >= 0.6 is 0 Å². The van der Waals surface area contributed by atoms with E-state index in [0.29, 0.717) is 5.92 Å². The molecule has 2 aromatic rings. The van der Waals surface area contributed by atoms with Crippen LogP contribution in [0.4, 0.5) is 5.82 Å². The summed E-state index contributed by atoms with van der Waals surface area (Å²) in [6.07, 6.45) is 0. The highest BCUT2D eigenvalue weighted by atomic mass is 16.2. The number of aromatic nitrogens is 2. The molecule has 2 atom stereocenters. The predicted octanol–water partition coefficient (Wildman–Crippen LogP) is 2.19. The Morgan fingerprint density at radius 2 is 1.96 bits per heavy atom. The van der Waals surface area contributed by atoms with Crippen LogP contribution in [0.5, 0.6) is 0 Å². The first-order valence-electron chi connectivity index (χ1n) is 8.50. The Hall–Kier alpha value is -2.43. The lowest BCUT2D eigenvalue weighted by atomic mass is 10.0. The summed E-state index contributed by atoms with van der Waals surface area (Å²) in [5, 5.41) is 8.39. The van der Waals surface area contributed by atoms with Crippen molar-refractivity contribution in [1.82, 2.24) is 15.1 Å². The Balaban J connectivity index is 1.44. The van der Waals surface area contributed by atoms with E-state index in [1.807, 2.05) is 24.0 Å². The molecule has 2 fully saturated rings. The third-order valence-electron chi connectivity index (χ3n) is 5.09. The summed E-state index contributed by atoms with van der Waals surface area (Å²) in [6.45, 7) is 7.22. The van der Waals surface area contributed by atoms with Crippen molar-refractivity contribution in [2.75, 3.05) is 24.5 Å². The van der Waals surface area contributed by atoms with Crippen molar-refractivity contribution in [2.24, 2.45) is 11.8 Å². The van der Waals surface area contributed by atoms with Crippen LogP contribution < -0.4 is 4.90 Å². The molecule has 2 aliphatic heterocycles. The maximum atomic E-state index is 12.8. The number of fused-ring (bicyclic) bond motifs is 1. The topological polar surface area (TPSA) is 49.3 Å². The lowest BCUT2D eigenvalue weighted by Gasteiger charge is -2.22. The summed E-state index contributed by atoms with van der Waals surface area (Å²) in [4.78, 5) is 17.0. The van der Waals surface area contributed by atoms with Gasteiger partial charge in [0.05, 0.1) is 11.6 Å². The quantitative estimate of drug-likeness (QED) is 0.869. The van der Waals surface area contributed by atoms with Crippen LogP contribution in [0.3, 0.4) is 0 Å². The number of nitrogens with zero attached hydrogens (tertiary/aromatic N) is 4. The summed E-state index contributed by atoms with van der Waals surface area (Å²) in [7, 11) is 0. The molecule has 24 heavy (non-hydrogen) atoms. The fourth-order valence-corrected chi connectivity index (χ4v) is 3.86. The summed E-state index contributed by atoms with van der Waals surface area (Å²) in [5.41, 5.74) is 3.37. The molecule has 2 saturated heterocycles. The fourth-order valence-electron chi connectivity index (χ4n) is 3.86. The van der Waals surface area contributed by atoms with Crippen LogP contribution in [0, 0.1) is 25.7 Å². The van der Waals surface area contributed by atoms with Crippen LogP contribution in [0.2, 0.25) is 0 Å². The number of amides is 1. The van der Waals surface area contributed by atoms with Gasteiger partial charge in [0.1, 0.15) is 0 Å². The molecular weight excluding hydrogens is 300 g/mol. The largest absolute Gasteiger partial charge is 0.354 e. The third kappa shape index (κ3) is 2.75. The SMILES string of the molecule is Cc1cccc(CN2C[C@@H]3CN(c4ccc(C)nn4)C[C@@H]3C2=O)c1. The van der Waals surface area contributed by atoms with E-state index in [1.54, 1.807) is 0 Å². The second-order valence-electron chi connectivity index (χ2n) is 7.01. The first-order valence-corrected chi connectivity index (χ1v) is 8.50. The predicted molar refractivity (Wildman–Crippen MR) is 92.6 cm³/mol. The molecule has 0 unspecified atom stereocenters. The molecular formula is C19H22N4O. The minimum Gasteiger partial charge on any atom is -0.354 e. The Morgan fingerprint density at radius 1 is 1.08 bits per heavy atom. The molecule has 0 spiro atoms. The molecule has 4 rings (SSSR count). The van der Waals surface area contributed by atoms with Crippen molar-refractivity contribution in [3.8, 4) is 0 Å². The molecule has 124 valence electrons. The van der Waals surface area contributed by atoms with Crippen molar-refractivity contribution in [3.63, 3.8) is 0 Å². The van der Waals surface area contributed by atoms with Crippen LogP contribution in [-0.4, -0.2) is 40.6 Å². The molecule has 0 saturated carbocycles. The average molecular weight is 322 g/mol. The normalized spacial score (nSPS) is 23.0. The smallest absolute Gasteiger partial charge is 0.228 e. The molecule has 0 radical (unpaired) electrons. The van der Waals surface area contributed by atoms with Crippen molar-refractivity contribution >= 4 is 11.7 Å². The van der Waals surface area contributed by atoms with Crippen molar-refractivity contribution < 1.29 is 4.79 Å². The summed E-state index contributed by atoms with van der Waals surface area (Å²) >= 11 is 0. The summed E-state index contributed by atoms with van der Waals surface area (Å²) in [5.74, 6) is 1.65. The number of likely N-dealkylation sites (tertiary alicyclic amines) is 1. The zero-order chi connectivity index (χ0) is 16.7. The van der Waals surface area contributed by atoms with Gasteiger partial charge in [-0.05, 0) is 31.5 Å². The number of benzene rings is 1. The number of rotatable bonds is 3. The molecule has 2 aliphatic rings. The first kappa shape index (κ1) is 15.1. The maximum Gasteiger partial charge on any atom is 0.228 e. The molecule has 3 heterocycles. The van der Waals surface area contributed by atoms with Gasteiger partial charge in [-0.2, -0.15) is 5.10 Å². The molecule has 0 N–H and O–H groups in total. The highest BCUT2D eigenvalue weighted by molar-refractivity contribution is 5.83. The van der Waals surface area contributed by atoms with Gasteiger partial charge in [0.2, 0.25) is 5.91 Å². The molecule has 1 aromatic heterocycles. The van der Waals surface area contributed by atoms with Gasteiger partial charge in [-0.1, -0.05) is 29.8 Å². The fraction of sp³-hybridized carbons (Fsp3) is 0.421. The van der Waals surface area contributed by atoms with Crippen LogP contribution in [0.1, 0.15) is 16.8 Å². The Morgan fingerprint density at radius 3 is 2.67 bits per heavy atom. The van der Waals surface area contributed by atoms with Gasteiger partial charge in [0.15, 0.2) is 5.82 Å². The molecule has 1 aromatic carbocycles. The second-order valence-corrected chi connectivity index (χ2v) is 7.01. The van der Waals surface area contributed by atoms with E-state index in [4.69, 9.17) is 0 Å². The van der Waals surface area contributed by atoms with E-state index in [-0.39, 0.29) is 11.8 Å². The summed E-state index contributed by atoms with van der Waals surface area (Å²) in [6, 6.07) is 12.4. The standard InChI is InChI=1S/C19H22N4O/c1-13-4-3-5-15(8-13)9-23-11-16-10-22(12-17(16)19(23)24)18-7-6-14(2)20-21-18/h3-8,16-17H,9-12H2,1-2H3/t16-,17-/m0/s1. The van der Waals surface area contributed by atoms with Crippen LogP contribution in [0.15, 0.2) is 36.4 Å². The van der Waals surface area contributed by atoms with E-state index in [1.165, 1.54) is 11.1 Å². The van der Waals surface area contributed by atoms with Gasteiger partial charge in [-0.25, -0.2) is 0 Å². The van der Waals surface area contributed by atoms with Gasteiger partial charge in [-0.15, -0.1) is 5.10 Å². The maximum absolute atomic E-state index is 12.8. The molecule has 1 amide bonds. The number of carbonyl (C=O) groups excluding carboxylic acids is 1. The van der Waals surface area contributed by atoms with E-state index in [9.17, 15) is 4.79 Å². The van der Waals surface area contributed by atoms with Crippen molar-refractivity contribution in [3.05, 3.63) is 53.2 Å². The minimum atomic E-state index is 0.0953. The van der Waals surface area contributed by atoms with Crippen LogP contribution in [0.25, 0.3) is 0 Å². The van der Waals surface area contributed by atoms with Gasteiger partial charge in [0.25, 0.3) is 0 Å². The Kier molecular flexibility index (Phi) is 3.71. The zero-order valence-electron chi connectivity index (χ0n) is 14.1. The van der Waals surface area contributed by atoms with Crippen molar-refractivity contribution in [2.45, 2.75) is 20.4 Å². The summed E-state index contributed by atoms with van der Waals surface area (Å²) < 4.78 is 0. The zero-order valence-corrected chi connectivity index (χ0v) is 14.1. The third-order valence-corrected chi connectivity index (χ3v) is 5.09. The van der Waals surface area contributed by atoms with Crippen molar-refractivity contribution in [1.29, 1.82) is 0 Å². The average Bonchev–Trinajstić information content (AvgIpc) is 3.09. The van der Waals surface area contributed by atoms with E-state index in [2.05, 4.69) is 46.3 Å². The molecule has 0 aliphatic carbocycles. The van der Waals surface area contributed by atoms with Crippen LogP contribution in [-0.2, 0) is 11.3 Å². The monoisotopic (exact) mass is 322 g/mol. The number of anilines is 1. The Bertz CT molecular complexity index is 758. The molecule has 0 bridgehead atoms. The number of aryl methyl sites for hydroxylation is 2. The molecule has 5 heteroatoms. The Labute approximate surface area is 142 Å². The number of carbonyl (C=O) groups is 1. The lowest BCUT2D eigenvalue weighted by molar-refractivity contribution is -0.131. The van der Waals surface area contributed by atoms with E-state index in [0.717, 1.165) is 37.7 Å². The molecule has 5 nitrogen and oxygen atoms in total. The number of hydrogen-bond donors (Lipinski definition) is 0. The van der Waals surface area contributed by atoms with Gasteiger partial charge in [0, 0.05) is 32.1 Å². The van der Waals surface area contributed by atoms with Gasteiger partial charge >= 0.3 is 0 Å². The first-order chi connectivity index (χ1) is 11.6. The van der Waals surface area contributed by atoms with E-state index < -0.39 is 0 Å². The lowest BCUT2D eigenvalue weighted by Crippen LogP contribution is -2.32. The minimum absolute atomic E-state index is 0.0953. The highest BCUT2D eigenvalue weighted by Crippen LogP contribution is 2.34. The van der Waals surface area contributed by atoms with Gasteiger partial charge in [-0.3, -0.25) is 4.79 Å². The second kappa shape index (κ2) is 5.89. The van der Waals surface area contributed by atoms with E-state index >= 15 is 0 Å². The van der Waals surface area contributed by atoms with Gasteiger partial charge < -0.3 is 9.80 Å².